The summed E-state index contributed by atoms with van der Waals surface area (Å²) in [4.78, 5) is 32.5. The largest absolute Gasteiger partial charge is 0.494 e. The number of imidazole rings is 1. The number of pyridine rings is 1. The zero-order chi connectivity index (χ0) is 37.2. The molecular weight excluding hydrogens is 710 g/mol. The van der Waals surface area contributed by atoms with Crippen LogP contribution in [0.4, 0.5) is 31.8 Å². The van der Waals surface area contributed by atoms with Crippen LogP contribution >= 0.6 is 11.6 Å². The van der Waals surface area contributed by atoms with Gasteiger partial charge in [0.2, 0.25) is 5.95 Å². The molecule has 2 fully saturated rings. The van der Waals surface area contributed by atoms with Gasteiger partial charge in [-0.3, -0.25) is 9.20 Å². The van der Waals surface area contributed by atoms with Crippen molar-refractivity contribution in [3.63, 3.8) is 0 Å². The minimum Gasteiger partial charge on any atom is -0.494 e. The third kappa shape index (κ3) is 7.19. The van der Waals surface area contributed by atoms with Gasteiger partial charge in [0, 0.05) is 48.7 Å². The molecular formula is C41H39ClF2N8O2. The van der Waals surface area contributed by atoms with E-state index in [0.29, 0.717) is 56.7 Å². The number of benzene rings is 3. The van der Waals surface area contributed by atoms with Gasteiger partial charge in [-0.2, -0.15) is 0 Å². The highest BCUT2D eigenvalue weighted by Crippen LogP contribution is 2.40. The van der Waals surface area contributed by atoms with Crippen molar-refractivity contribution < 1.29 is 18.3 Å². The number of aromatic nitrogens is 4. The molecule has 2 N–H and O–H groups in total. The molecule has 13 heteroatoms. The number of hydrogen-bond donors (Lipinski definition) is 2. The van der Waals surface area contributed by atoms with Gasteiger partial charge in [-0.15, -0.1) is 0 Å². The predicted octanol–water partition coefficient (Wildman–Crippen LogP) is 8.85. The van der Waals surface area contributed by atoms with Crippen LogP contribution in [0.3, 0.4) is 0 Å². The SMILES string of the molecule is COc1cc(N2CCC(N3CCCCC3)CC2)c(Cl)cc1Nc1nccc(-c2c(-c3cccc(C(=O)Nc4c(F)cccc4F)c3)nc3ccccn23)n1. The summed E-state index contributed by atoms with van der Waals surface area (Å²) in [5.74, 6) is -1.47. The summed E-state index contributed by atoms with van der Waals surface area (Å²) in [5, 5.41) is 6.28. The number of para-hydroxylation sites is 1. The van der Waals surface area contributed by atoms with Crippen molar-refractivity contribution in [3.05, 3.63) is 113 Å². The Morgan fingerprint density at radius 2 is 1.67 bits per heavy atom. The lowest BCUT2D eigenvalue weighted by molar-refractivity contribution is 0.102. The van der Waals surface area contributed by atoms with Gasteiger partial charge in [-0.25, -0.2) is 23.7 Å². The standard InChI is InChI=1S/C41H39ClF2N8O2/c1-54-35-25-34(51-21-15-28(16-22-51)50-18-4-2-5-19-50)29(42)24-33(35)47-41-45-17-14-32(46-41)39-37(48-36-13-3-6-20-52(36)39)26-9-7-10-27(23-26)40(53)49-38-30(43)11-8-12-31(38)44/h3,6-14,17,20,23-25,28H,2,4-5,15-16,18-19,21-22H2,1H3,(H,49,53)(H,45,46,47). The summed E-state index contributed by atoms with van der Waals surface area (Å²) in [6.07, 6.45) is 9.67. The number of fused-ring (bicyclic) bond motifs is 1. The van der Waals surface area contributed by atoms with E-state index in [-0.39, 0.29) is 5.56 Å². The highest BCUT2D eigenvalue weighted by atomic mass is 35.5. The van der Waals surface area contributed by atoms with E-state index in [4.69, 9.17) is 26.3 Å². The number of ether oxygens (including phenoxy) is 1. The average Bonchev–Trinajstić information content (AvgIpc) is 3.60. The van der Waals surface area contributed by atoms with Crippen LogP contribution in [0.25, 0.3) is 28.3 Å². The molecule has 3 aromatic heterocycles. The van der Waals surface area contributed by atoms with Crippen molar-refractivity contribution in [1.29, 1.82) is 0 Å². The maximum absolute atomic E-state index is 14.3. The normalized spacial score (nSPS) is 15.4. The van der Waals surface area contributed by atoms with Gasteiger partial charge >= 0.3 is 0 Å². The highest BCUT2D eigenvalue weighted by molar-refractivity contribution is 6.33. The highest BCUT2D eigenvalue weighted by Gasteiger charge is 2.27. The second kappa shape index (κ2) is 15.4. The molecule has 2 aliphatic heterocycles. The molecule has 0 unspecified atom stereocenters. The number of anilines is 4. The van der Waals surface area contributed by atoms with Gasteiger partial charge in [0.05, 0.1) is 40.6 Å². The van der Waals surface area contributed by atoms with Gasteiger partial charge in [0.25, 0.3) is 5.91 Å². The van der Waals surface area contributed by atoms with Gasteiger partial charge in [-0.05, 0) is 87.3 Å². The molecule has 8 rings (SSSR count). The Morgan fingerprint density at radius 1 is 0.889 bits per heavy atom. The van der Waals surface area contributed by atoms with E-state index < -0.39 is 23.2 Å². The van der Waals surface area contributed by atoms with Crippen molar-refractivity contribution in [3.8, 4) is 28.4 Å². The number of amides is 1. The quantitative estimate of drug-likeness (QED) is 0.151. The van der Waals surface area contributed by atoms with E-state index in [0.717, 1.165) is 43.8 Å². The molecule has 5 heterocycles. The summed E-state index contributed by atoms with van der Waals surface area (Å²) in [5.41, 5.74) is 4.27. The topological polar surface area (TPSA) is 99.9 Å². The molecule has 2 aliphatic rings. The molecule has 2 saturated heterocycles. The minimum atomic E-state index is -0.866. The molecule has 10 nitrogen and oxygen atoms in total. The minimum absolute atomic E-state index is 0.196. The number of hydrogen-bond acceptors (Lipinski definition) is 8. The maximum atomic E-state index is 14.3. The molecule has 0 aliphatic carbocycles. The van der Waals surface area contributed by atoms with Crippen molar-refractivity contribution in [2.24, 2.45) is 0 Å². The number of nitrogens with one attached hydrogen (secondary N) is 2. The number of rotatable bonds is 9. The third-order valence-electron chi connectivity index (χ3n) is 10.3. The number of carbonyl (C=O) groups excluding carboxylic acids is 1. The summed E-state index contributed by atoms with van der Waals surface area (Å²) < 4.78 is 36.4. The summed E-state index contributed by atoms with van der Waals surface area (Å²) in [7, 11) is 1.63. The van der Waals surface area contributed by atoms with Gasteiger partial charge < -0.3 is 25.2 Å². The van der Waals surface area contributed by atoms with Crippen LogP contribution in [-0.2, 0) is 0 Å². The van der Waals surface area contributed by atoms with Crippen LogP contribution in [-0.4, -0.2) is 69.5 Å². The molecule has 3 aromatic carbocycles. The summed E-state index contributed by atoms with van der Waals surface area (Å²) >= 11 is 6.94. The zero-order valence-corrected chi connectivity index (χ0v) is 30.5. The Hall–Kier alpha value is -5.59. The average molecular weight is 749 g/mol. The molecule has 0 atom stereocenters. The number of piperidine rings is 2. The Balaban J connectivity index is 1.06. The molecule has 0 bridgehead atoms. The van der Waals surface area contributed by atoms with Crippen LogP contribution in [0.1, 0.15) is 42.5 Å². The number of methoxy groups -OCH3 is 1. The Morgan fingerprint density at radius 3 is 2.44 bits per heavy atom. The fourth-order valence-corrected chi connectivity index (χ4v) is 7.81. The van der Waals surface area contributed by atoms with Crippen LogP contribution < -0.4 is 20.3 Å². The number of halogens is 3. The monoisotopic (exact) mass is 748 g/mol. The van der Waals surface area contributed by atoms with Crippen molar-refractivity contribution in [2.75, 3.05) is 48.8 Å². The van der Waals surface area contributed by atoms with E-state index in [1.165, 1.54) is 38.4 Å². The Kier molecular flexibility index (Phi) is 10.1. The first-order chi connectivity index (χ1) is 26.4. The van der Waals surface area contributed by atoms with Crippen LogP contribution in [0.15, 0.2) is 91.3 Å². The van der Waals surface area contributed by atoms with Crippen LogP contribution in [0.2, 0.25) is 5.02 Å². The van der Waals surface area contributed by atoms with Gasteiger partial charge in [0.1, 0.15) is 28.7 Å². The summed E-state index contributed by atoms with van der Waals surface area (Å²) in [6.45, 7) is 4.27. The smallest absolute Gasteiger partial charge is 0.255 e. The van der Waals surface area contributed by atoms with Crippen molar-refractivity contribution in [1.82, 2.24) is 24.3 Å². The van der Waals surface area contributed by atoms with E-state index >= 15 is 0 Å². The lowest BCUT2D eigenvalue weighted by atomic mass is 9.99. The van der Waals surface area contributed by atoms with Crippen molar-refractivity contribution in [2.45, 2.75) is 38.1 Å². The first-order valence-corrected chi connectivity index (χ1v) is 18.5. The molecule has 0 saturated carbocycles. The first-order valence-electron chi connectivity index (χ1n) is 18.2. The molecule has 1 amide bonds. The van der Waals surface area contributed by atoms with Gasteiger partial charge in [-0.1, -0.05) is 42.3 Å². The zero-order valence-electron chi connectivity index (χ0n) is 29.7. The Labute approximate surface area is 316 Å². The predicted molar refractivity (Wildman–Crippen MR) is 208 cm³/mol. The second-order valence-corrected chi connectivity index (χ2v) is 14.0. The number of carbonyl (C=O) groups is 1. The third-order valence-corrected chi connectivity index (χ3v) is 10.6. The number of likely N-dealkylation sites (tertiary alicyclic amines) is 1. The Bertz CT molecular complexity index is 2300. The van der Waals surface area contributed by atoms with E-state index in [2.05, 4.69) is 25.4 Å². The molecule has 54 heavy (non-hydrogen) atoms. The maximum Gasteiger partial charge on any atom is 0.255 e. The molecule has 0 radical (unpaired) electrons. The first kappa shape index (κ1) is 35.4. The van der Waals surface area contributed by atoms with Crippen LogP contribution in [0, 0.1) is 11.6 Å². The molecule has 276 valence electrons. The fraction of sp³-hybridized carbons (Fsp3) is 0.268. The van der Waals surface area contributed by atoms with Crippen LogP contribution in [0.5, 0.6) is 5.75 Å². The van der Waals surface area contributed by atoms with E-state index in [1.54, 1.807) is 37.6 Å². The molecule has 6 aromatic rings. The summed E-state index contributed by atoms with van der Waals surface area (Å²) in [6, 6.07) is 22.0. The van der Waals surface area contributed by atoms with E-state index in [1.807, 2.05) is 47.0 Å². The van der Waals surface area contributed by atoms with Gasteiger partial charge in [0.15, 0.2) is 0 Å². The van der Waals surface area contributed by atoms with E-state index in [9.17, 15) is 13.6 Å². The number of nitrogens with zero attached hydrogens (tertiary/aromatic N) is 6. The second-order valence-electron chi connectivity index (χ2n) is 13.6. The lowest BCUT2D eigenvalue weighted by Gasteiger charge is -2.41. The van der Waals surface area contributed by atoms with Crippen molar-refractivity contribution >= 4 is 46.2 Å². The lowest BCUT2D eigenvalue weighted by Crippen LogP contribution is -2.46. The fourth-order valence-electron chi connectivity index (χ4n) is 7.53. The molecule has 0 spiro atoms.